The van der Waals surface area contributed by atoms with E-state index in [2.05, 4.69) is 5.32 Å². The van der Waals surface area contributed by atoms with Crippen LogP contribution in [0.25, 0.3) is 0 Å². The van der Waals surface area contributed by atoms with Crippen molar-refractivity contribution in [2.45, 2.75) is 17.7 Å². The van der Waals surface area contributed by atoms with Crippen molar-refractivity contribution in [2.24, 2.45) is 0 Å². The molecule has 0 radical (unpaired) electrons. The third-order valence-corrected chi connectivity index (χ3v) is 4.84. The van der Waals surface area contributed by atoms with Gasteiger partial charge in [-0.25, -0.2) is 4.79 Å². The molecule has 2 N–H and O–H groups in total. The Bertz CT molecular complexity index is 503. The zero-order valence-corrected chi connectivity index (χ0v) is 12.1. The number of thioether (sulfide) groups is 1. The quantitative estimate of drug-likeness (QED) is 0.896. The fourth-order valence-electron chi connectivity index (χ4n) is 1.79. The van der Waals surface area contributed by atoms with E-state index < -0.39 is 12.0 Å². The first-order valence-electron chi connectivity index (χ1n) is 5.56. The van der Waals surface area contributed by atoms with Crippen LogP contribution in [0.4, 0.5) is 0 Å². The number of halogens is 2. The van der Waals surface area contributed by atoms with Crippen molar-refractivity contribution in [2.75, 3.05) is 5.75 Å². The van der Waals surface area contributed by atoms with E-state index in [9.17, 15) is 9.59 Å². The summed E-state index contributed by atoms with van der Waals surface area (Å²) in [6, 6.07) is 4.35. The summed E-state index contributed by atoms with van der Waals surface area (Å²) in [4.78, 5) is 22.7. The minimum absolute atomic E-state index is 0.292. The third kappa shape index (κ3) is 3.35. The van der Waals surface area contributed by atoms with Gasteiger partial charge in [-0.15, -0.1) is 11.8 Å². The highest BCUT2D eigenvalue weighted by Crippen LogP contribution is 2.30. The topological polar surface area (TPSA) is 66.4 Å². The molecule has 19 heavy (non-hydrogen) atoms. The molecule has 4 nitrogen and oxygen atoms in total. The molecule has 1 saturated heterocycles. The smallest absolute Gasteiger partial charge is 0.327 e. The number of benzene rings is 1. The molecule has 1 aromatic carbocycles. The van der Waals surface area contributed by atoms with Gasteiger partial charge in [0.05, 0.1) is 5.25 Å². The summed E-state index contributed by atoms with van der Waals surface area (Å²) in [5, 5.41) is 12.0. The summed E-state index contributed by atoms with van der Waals surface area (Å²) in [7, 11) is 0. The average molecular weight is 320 g/mol. The van der Waals surface area contributed by atoms with Crippen LogP contribution in [-0.4, -0.2) is 34.0 Å². The summed E-state index contributed by atoms with van der Waals surface area (Å²) >= 11 is 13.4. The highest BCUT2D eigenvalue weighted by Gasteiger charge is 2.32. The van der Waals surface area contributed by atoms with Gasteiger partial charge in [-0.05, 0) is 24.1 Å². The molecule has 1 aliphatic heterocycles. The Morgan fingerprint density at radius 2 is 2.05 bits per heavy atom. The van der Waals surface area contributed by atoms with Gasteiger partial charge in [0.2, 0.25) is 5.91 Å². The lowest BCUT2D eigenvalue weighted by molar-refractivity contribution is -0.141. The Hall–Kier alpha value is -0.910. The number of carboxylic acid groups (broad SMARTS) is 1. The van der Waals surface area contributed by atoms with Crippen LogP contribution in [0.2, 0.25) is 10.0 Å². The number of aliphatic carboxylic acids is 1. The highest BCUT2D eigenvalue weighted by atomic mass is 35.5. The molecular weight excluding hydrogens is 309 g/mol. The lowest BCUT2D eigenvalue weighted by atomic mass is 10.1. The number of carboxylic acids is 1. The van der Waals surface area contributed by atoms with Crippen molar-refractivity contribution < 1.29 is 14.7 Å². The predicted molar refractivity (Wildman–Crippen MR) is 76.0 cm³/mol. The Morgan fingerprint density at radius 3 is 2.58 bits per heavy atom. The van der Waals surface area contributed by atoms with Crippen LogP contribution in [0.1, 0.15) is 5.56 Å². The number of hydrogen-bond donors (Lipinski definition) is 2. The van der Waals surface area contributed by atoms with Crippen LogP contribution < -0.4 is 5.32 Å². The maximum absolute atomic E-state index is 11.9. The molecule has 2 rings (SSSR count). The molecule has 0 aliphatic carbocycles. The van der Waals surface area contributed by atoms with E-state index in [4.69, 9.17) is 28.3 Å². The third-order valence-electron chi connectivity index (χ3n) is 2.82. The molecule has 1 aliphatic rings. The Morgan fingerprint density at radius 1 is 1.42 bits per heavy atom. The minimum Gasteiger partial charge on any atom is -0.480 e. The minimum atomic E-state index is -1.02. The van der Waals surface area contributed by atoms with Gasteiger partial charge in [0.1, 0.15) is 6.04 Å². The second-order valence-corrected chi connectivity index (χ2v) is 6.18. The summed E-state index contributed by atoms with van der Waals surface area (Å²) in [5.41, 5.74) is 0.715. The Kier molecular flexibility index (Phi) is 4.60. The van der Waals surface area contributed by atoms with Crippen LogP contribution in [-0.2, 0) is 16.0 Å². The van der Waals surface area contributed by atoms with E-state index in [0.29, 0.717) is 27.8 Å². The van der Waals surface area contributed by atoms with E-state index in [0.717, 1.165) is 0 Å². The van der Waals surface area contributed by atoms with Crippen molar-refractivity contribution >= 4 is 46.8 Å². The lowest BCUT2D eigenvalue weighted by Crippen LogP contribution is -2.51. The molecule has 1 fully saturated rings. The number of hydrogen-bond acceptors (Lipinski definition) is 3. The van der Waals surface area contributed by atoms with E-state index in [-0.39, 0.29) is 11.2 Å². The van der Waals surface area contributed by atoms with Gasteiger partial charge < -0.3 is 10.4 Å². The SMILES string of the molecule is O=C1N[C@@H](C(=O)O)CS[C@H]1Cc1c(Cl)cccc1Cl. The molecule has 7 heteroatoms. The van der Waals surface area contributed by atoms with Crippen LogP contribution >= 0.6 is 35.0 Å². The van der Waals surface area contributed by atoms with Crippen LogP contribution in [0.3, 0.4) is 0 Å². The highest BCUT2D eigenvalue weighted by molar-refractivity contribution is 8.00. The van der Waals surface area contributed by atoms with Crippen molar-refractivity contribution in [3.63, 3.8) is 0 Å². The largest absolute Gasteiger partial charge is 0.480 e. The number of amides is 1. The second-order valence-electron chi connectivity index (χ2n) is 4.13. The fourth-order valence-corrected chi connectivity index (χ4v) is 3.50. The normalized spacial score (nSPS) is 22.9. The zero-order valence-electron chi connectivity index (χ0n) is 9.73. The summed E-state index contributed by atoms with van der Waals surface area (Å²) in [5.74, 6) is -0.969. The van der Waals surface area contributed by atoms with Gasteiger partial charge in [-0.2, -0.15) is 0 Å². The first kappa shape index (κ1) is 14.5. The van der Waals surface area contributed by atoms with Crippen molar-refractivity contribution in [3.05, 3.63) is 33.8 Å². The summed E-state index contributed by atoms with van der Waals surface area (Å²) < 4.78 is 0. The van der Waals surface area contributed by atoms with Crippen molar-refractivity contribution in [3.8, 4) is 0 Å². The average Bonchev–Trinajstić information content (AvgIpc) is 2.35. The van der Waals surface area contributed by atoms with Crippen molar-refractivity contribution in [1.29, 1.82) is 0 Å². The Labute approximate surface area is 124 Å². The molecule has 0 spiro atoms. The standard InChI is InChI=1S/C12H11Cl2NO3S/c13-7-2-1-3-8(14)6(7)4-10-11(16)15-9(5-19-10)12(17)18/h1-3,9-10H,4-5H2,(H,15,16)(H,17,18)/t9-,10+/m1/s1. The zero-order chi connectivity index (χ0) is 14.0. The number of carbonyl (C=O) groups is 2. The van der Waals surface area contributed by atoms with E-state index in [1.165, 1.54) is 11.8 Å². The van der Waals surface area contributed by atoms with Gasteiger partial charge in [-0.3, -0.25) is 4.79 Å². The molecule has 1 amide bonds. The monoisotopic (exact) mass is 319 g/mol. The second kappa shape index (κ2) is 6.03. The van der Waals surface area contributed by atoms with E-state index in [1.807, 2.05) is 0 Å². The summed E-state index contributed by atoms with van der Waals surface area (Å²) in [6.07, 6.45) is 0.390. The lowest BCUT2D eigenvalue weighted by Gasteiger charge is -2.26. The molecule has 0 saturated carbocycles. The van der Waals surface area contributed by atoms with Gasteiger partial charge in [0.15, 0.2) is 0 Å². The van der Waals surface area contributed by atoms with Crippen LogP contribution in [0.5, 0.6) is 0 Å². The molecule has 1 heterocycles. The molecule has 0 bridgehead atoms. The molecular formula is C12H11Cl2NO3S. The predicted octanol–water partition coefficient (Wildman–Crippen LogP) is 2.22. The first-order chi connectivity index (χ1) is 8.99. The maximum atomic E-state index is 11.9. The Balaban J connectivity index is 2.09. The van der Waals surface area contributed by atoms with Crippen molar-refractivity contribution in [1.82, 2.24) is 5.32 Å². The molecule has 2 atom stereocenters. The maximum Gasteiger partial charge on any atom is 0.327 e. The molecule has 0 aromatic heterocycles. The number of rotatable bonds is 3. The van der Waals surface area contributed by atoms with E-state index in [1.54, 1.807) is 18.2 Å². The van der Waals surface area contributed by atoms with Gasteiger partial charge >= 0.3 is 5.97 Å². The van der Waals surface area contributed by atoms with Crippen LogP contribution in [0, 0.1) is 0 Å². The number of nitrogens with one attached hydrogen (secondary N) is 1. The number of carbonyl (C=O) groups excluding carboxylic acids is 1. The molecule has 102 valence electrons. The van der Waals surface area contributed by atoms with Gasteiger partial charge in [0, 0.05) is 15.8 Å². The molecule has 0 unspecified atom stereocenters. The first-order valence-corrected chi connectivity index (χ1v) is 7.37. The van der Waals surface area contributed by atoms with E-state index >= 15 is 0 Å². The van der Waals surface area contributed by atoms with Gasteiger partial charge in [-0.1, -0.05) is 29.3 Å². The van der Waals surface area contributed by atoms with Gasteiger partial charge in [0.25, 0.3) is 0 Å². The summed E-state index contributed by atoms with van der Waals surface area (Å²) in [6.45, 7) is 0. The van der Waals surface area contributed by atoms with Crippen LogP contribution in [0.15, 0.2) is 18.2 Å². The fraction of sp³-hybridized carbons (Fsp3) is 0.333. The molecule has 1 aromatic rings.